The molecule has 112 valence electrons. The quantitative estimate of drug-likeness (QED) is 0.690. The Kier molecular flexibility index (Phi) is 5.43. The number of halogens is 2. The van der Waals surface area contributed by atoms with Gasteiger partial charge in [0.15, 0.2) is 5.82 Å². The summed E-state index contributed by atoms with van der Waals surface area (Å²) in [5.74, 6) is 1.06. The molecule has 1 aromatic heterocycles. The highest BCUT2D eigenvalue weighted by molar-refractivity contribution is 9.10. The molecule has 0 bridgehead atoms. The van der Waals surface area contributed by atoms with E-state index in [1.54, 1.807) is 0 Å². The molecule has 20 heavy (non-hydrogen) atoms. The molecule has 0 aromatic carbocycles. The van der Waals surface area contributed by atoms with Gasteiger partial charge in [-0.1, -0.05) is 44.7 Å². The van der Waals surface area contributed by atoms with Crippen molar-refractivity contribution in [2.75, 3.05) is 6.61 Å². The van der Waals surface area contributed by atoms with Crippen molar-refractivity contribution in [2.24, 2.45) is 0 Å². The largest absolute Gasteiger partial charge is 0.367 e. The number of rotatable bonds is 4. The van der Waals surface area contributed by atoms with Crippen molar-refractivity contribution in [1.29, 1.82) is 0 Å². The van der Waals surface area contributed by atoms with E-state index in [-0.39, 0.29) is 5.60 Å². The van der Waals surface area contributed by atoms with Gasteiger partial charge in [0.2, 0.25) is 0 Å². The minimum atomic E-state index is -0.346. The number of ether oxygens (including phenoxy) is 1. The average Bonchev–Trinajstić information content (AvgIpc) is 2.42. The van der Waals surface area contributed by atoms with E-state index in [2.05, 4.69) is 34.8 Å². The van der Waals surface area contributed by atoms with E-state index < -0.39 is 0 Å². The Morgan fingerprint density at radius 3 is 2.45 bits per heavy atom. The first-order chi connectivity index (χ1) is 9.50. The standard InChI is InChI=1S/C15H22BrClN2O/c1-4-20-15(8-6-5-7-9-15)14-18-12(10(2)3)11(16)13(17)19-14/h10H,4-9H2,1-3H3. The fourth-order valence-electron chi connectivity index (χ4n) is 2.85. The molecule has 0 saturated heterocycles. The summed E-state index contributed by atoms with van der Waals surface area (Å²) in [7, 11) is 0. The zero-order valence-electron chi connectivity index (χ0n) is 12.4. The topological polar surface area (TPSA) is 35.0 Å². The molecule has 0 N–H and O–H groups in total. The average molecular weight is 362 g/mol. The van der Waals surface area contributed by atoms with Crippen LogP contribution in [0.1, 0.15) is 70.3 Å². The summed E-state index contributed by atoms with van der Waals surface area (Å²) >= 11 is 9.79. The molecule has 1 saturated carbocycles. The van der Waals surface area contributed by atoms with Gasteiger partial charge in [-0.25, -0.2) is 9.97 Å². The van der Waals surface area contributed by atoms with Gasteiger partial charge in [-0.2, -0.15) is 0 Å². The Morgan fingerprint density at radius 2 is 1.90 bits per heavy atom. The second-order valence-electron chi connectivity index (χ2n) is 5.68. The number of hydrogen-bond acceptors (Lipinski definition) is 3. The van der Waals surface area contributed by atoms with E-state index in [9.17, 15) is 0 Å². The lowest BCUT2D eigenvalue weighted by molar-refractivity contribution is -0.0768. The van der Waals surface area contributed by atoms with Gasteiger partial charge >= 0.3 is 0 Å². The number of aromatic nitrogens is 2. The molecule has 0 aliphatic heterocycles. The van der Waals surface area contributed by atoms with Gasteiger partial charge in [0.1, 0.15) is 10.8 Å². The van der Waals surface area contributed by atoms with E-state index in [0.29, 0.717) is 17.7 Å². The third-order valence-corrected chi connectivity index (χ3v) is 5.16. The SMILES string of the molecule is CCOC1(c2nc(Cl)c(Br)c(C(C)C)n2)CCCCC1. The summed E-state index contributed by atoms with van der Waals surface area (Å²) in [4.78, 5) is 9.29. The van der Waals surface area contributed by atoms with E-state index in [1.165, 1.54) is 6.42 Å². The first-order valence-electron chi connectivity index (χ1n) is 7.37. The van der Waals surface area contributed by atoms with Crippen LogP contribution < -0.4 is 0 Å². The van der Waals surface area contributed by atoms with Crippen LogP contribution in [0.15, 0.2) is 4.47 Å². The summed E-state index contributed by atoms with van der Waals surface area (Å²) in [6.07, 6.45) is 5.55. The van der Waals surface area contributed by atoms with Crippen LogP contribution in [-0.4, -0.2) is 16.6 Å². The normalized spacial score (nSPS) is 18.5. The van der Waals surface area contributed by atoms with Gasteiger partial charge in [0, 0.05) is 6.61 Å². The maximum Gasteiger partial charge on any atom is 0.162 e. The Hall–Kier alpha value is -0.190. The molecule has 0 spiro atoms. The second kappa shape index (κ2) is 6.71. The molecule has 1 heterocycles. The van der Waals surface area contributed by atoms with Gasteiger partial charge in [0.25, 0.3) is 0 Å². The highest BCUT2D eigenvalue weighted by Crippen LogP contribution is 2.41. The first-order valence-corrected chi connectivity index (χ1v) is 8.54. The predicted molar refractivity (Wildman–Crippen MR) is 85.2 cm³/mol. The Balaban J connectivity index is 2.48. The van der Waals surface area contributed by atoms with Gasteiger partial charge in [-0.3, -0.25) is 0 Å². The molecule has 3 nitrogen and oxygen atoms in total. The Morgan fingerprint density at radius 1 is 1.25 bits per heavy atom. The first kappa shape index (κ1) is 16.2. The summed E-state index contributed by atoms with van der Waals surface area (Å²) in [6.45, 7) is 6.93. The number of nitrogens with zero attached hydrogens (tertiary/aromatic N) is 2. The fourth-order valence-corrected chi connectivity index (χ4v) is 3.67. The molecule has 2 rings (SSSR count). The van der Waals surface area contributed by atoms with Crippen LogP contribution in [0.5, 0.6) is 0 Å². The van der Waals surface area contributed by atoms with Crippen molar-refractivity contribution in [2.45, 2.75) is 64.4 Å². The molecule has 0 amide bonds. The molecular weight excluding hydrogens is 340 g/mol. The van der Waals surface area contributed by atoms with Gasteiger partial charge in [0.05, 0.1) is 10.2 Å². The summed E-state index contributed by atoms with van der Waals surface area (Å²) < 4.78 is 6.89. The van der Waals surface area contributed by atoms with Crippen LogP contribution in [0.4, 0.5) is 0 Å². The van der Waals surface area contributed by atoms with Crippen LogP contribution in [0.25, 0.3) is 0 Å². The van der Waals surface area contributed by atoms with E-state index >= 15 is 0 Å². The van der Waals surface area contributed by atoms with Crippen molar-refractivity contribution in [3.05, 3.63) is 21.1 Å². The molecular formula is C15H22BrClN2O. The Bertz CT molecular complexity index is 468. The fraction of sp³-hybridized carbons (Fsp3) is 0.733. The van der Waals surface area contributed by atoms with Gasteiger partial charge in [-0.15, -0.1) is 0 Å². The van der Waals surface area contributed by atoms with Crippen LogP contribution >= 0.6 is 27.5 Å². The molecule has 1 fully saturated rings. The van der Waals surface area contributed by atoms with Crippen molar-refractivity contribution < 1.29 is 4.74 Å². The lowest BCUT2D eigenvalue weighted by Crippen LogP contribution is -2.35. The van der Waals surface area contributed by atoms with Crippen molar-refractivity contribution in [3.63, 3.8) is 0 Å². The van der Waals surface area contributed by atoms with Crippen LogP contribution in [0, 0.1) is 0 Å². The zero-order chi connectivity index (χ0) is 14.8. The lowest BCUT2D eigenvalue weighted by Gasteiger charge is -2.36. The summed E-state index contributed by atoms with van der Waals surface area (Å²) in [6, 6.07) is 0. The van der Waals surface area contributed by atoms with Crippen LogP contribution in [0.3, 0.4) is 0 Å². The zero-order valence-corrected chi connectivity index (χ0v) is 14.7. The Labute approximate surface area is 134 Å². The second-order valence-corrected chi connectivity index (χ2v) is 6.83. The van der Waals surface area contributed by atoms with Gasteiger partial charge in [-0.05, 0) is 41.6 Å². The summed E-state index contributed by atoms with van der Waals surface area (Å²) in [5.41, 5.74) is 0.616. The maximum absolute atomic E-state index is 6.29. The minimum Gasteiger partial charge on any atom is -0.367 e. The maximum atomic E-state index is 6.29. The predicted octanol–water partition coefficient (Wildman–Crippen LogP) is 5.21. The highest BCUT2D eigenvalue weighted by Gasteiger charge is 2.38. The van der Waals surface area contributed by atoms with Crippen LogP contribution in [-0.2, 0) is 10.3 Å². The molecule has 5 heteroatoms. The molecule has 0 atom stereocenters. The van der Waals surface area contributed by atoms with E-state index in [1.807, 2.05) is 6.92 Å². The molecule has 0 radical (unpaired) electrons. The third-order valence-electron chi connectivity index (χ3n) is 3.87. The van der Waals surface area contributed by atoms with Crippen molar-refractivity contribution in [1.82, 2.24) is 9.97 Å². The van der Waals surface area contributed by atoms with Crippen molar-refractivity contribution >= 4 is 27.5 Å². The lowest BCUT2D eigenvalue weighted by atomic mass is 9.83. The minimum absolute atomic E-state index is 0.297. The van der Waals surface area contributed by atoms with E-state index in [4.69, 9.17) is 21.3 Å². The van der Waals surface area contributed by atoms with Crippen LogP contribution in [0.2, 0.25) is 5.15 Å². The smallest absolute Gasteiger partial charge is 0.162 e. The van der Waals surface area contributed by atoms with Crippen molar-refractivity contribution in [3.8, 4) is 0 Å². The molecule has 1 aliphatic rings. The number of hydrogen-bond donors (Lipinski definition) is 0. The summed E-state index contributed by atoms with van der Waals surface area (Å²) in [5, 5.41) is 0.489. The third kappa shape index (κ3) is 3.18. The monoisotopic (exact) mass is 360 g/mol. The molecule has 0 unspecified atom stereocenters. The molecule has 1 aromatic rings. The van der Waals surface area contributed by atoms with Gasteiger partial charge < -0.3 is 4.74 Å². The van der Waals surface area contributed by atoms with E-state index in [0.717, 1.165) is 41.7 Å². The molecule has 1 aliphatic carbocycles. The highest BCUT2D eigenvalue weighted by atomic mass is 79.9.